The minimum atomic E-state index is -0.553. The van der Waals surface area contributed by atoms with E-state index in [2.05, 4.69) is 10.5 Å². The van der Waals surface area contributed by atoms with Crippen LogP contribution in [0.15, 0.2) is 71.8 Å². The van der Waals surface area contributed by atoms with Crippen molar-refractivity contribution in [2.75, 3.05) is 18.1 Å². The fraction of sp³-hybridized carbons (Fsp3) is 0.222. The highest BCUT2D eigenvalue weighted by Gasteiger charge is 2.35. The molecule has 7 nitrogen and oxygen atoms in total. The molecule has 1 N–H and O–H groups in total. The molecule has 0 spiro atoms. The molecule has 3 aromatic rings. The molecule has 1 saturated heterocycles. The molecule has 4 rings (SSSR count). The van der Waals surface area contributed by atoms with Crippen LogP contribution in [0.25, 0.3) is 0 Å². The normalized spacial score (nSPS) is 15.4. The summed E-state index contributed by atoms with van der Waals surface area (Å²) >= 11 is 5.93. The van der Waals surface area contributed by atoms with Gasteiger partial charge in [-0.3, -0.25) is 9.59 Å². The molecule has 1 fully saturated rings. The number of halogens is 2. The maximum absolute atomic E-state index is 13.2. The molecule has 0 unspecified atom stereocenters. The van der Waals surface area contributed by atoms with Crippen molar-refractivity contribution in [2.24, 2.45) is 11.0 Å². The fourth-order valence-electron chi connectivity index (χ4n) is 3.75. The number of anilines is 1. The average molecular weight is 510 g/mol. The molecule has 0 aromatic heterocycles. The number of ether oxygens (including phenoxy) is 2. The number of hydrogen-bond donors (Lipinski definition) is 1. The van der Waals surface area contributed by atoms with Gasteiger partial charge < -0.3 is 14.4 Å². The summed E-state index contributed by atoms with van der Waals surface area (Å²) in [6.45, 7) is 2.90. The molecule has 1 aliphatic rings. The summed E-state index contributed by atoms with van der Waals surface area (Å²) in [5.41, 5.74) is 4.73. The summed E-state index contributed by atoms with van der Waals surface area (Å²) < 4.78 is 24.8. The highest BCUT2D eigenvalue weighted by molar-refractivity contribution is 6.30. The molecule has 0 aliphatic carbocycles. The van der Waals surface area contributed by atoms with Gasteiger partial charge in [0, 0.05) is 23.7 Å². The highest BCUT2D eigenvalue weighted by Crippen LogP contribution is 2.29. The minimum absolute atomic E-state index is 0.0624. The van der Waals surface area contributed by atoms with Gasteiger partial charge in [-0.25, -0.2) is 9.82 Å². The molecule has 0 radical (unpaired) electrons. The molecule has 0 bridgehead atoms. The van der Waals surface area contributed by atoms with E-state index < -0.39 is 5.92 Å². The van der Waals surface area contributed by atoms with Gasteiger partial charge >= 0.3 is 0 Å². The van der Waals surface area contributed by atoms with E-state index in [0.717, 1.165) is 5.56 Å². The third-order valence-electron chi connectivity index (χ3n) is 5.60. The number of carbonyl (C=O) groups excluding carboxylic acids is 2. The summed E-state index contributed by atoms with van der Waals surface area (Å²) in [5.74, 6) is -0.361. The van der Waals surface area contributed by atoms with E-state index in [-0.39, 0.29) is 30.6 Å². The molecular weight excluding hydrogens is 485 g/mol. The molecule has 2 amide bonds. The lowest BCUT2D eigenvalue weighted by molar-refractivity contribution is -0.126. The van der Waals surface area contributed by atoms with Crippen molar-refractivity contribution in [3.05, 3.63) is 88.7 Å². The Bertz CT molecular complexity index is 1250. The zero-order chi connectivity index (χ0) is 25.5. The van der Waals surface area contributed by atoms with E-state index in [0.29, 0.717) is 41.0 Å². The Hall–Kier alpha value is -3.91. The first-order valence-corrected chi connectivity index (χ1v) is 11.8. The van der Waals surface area contributed by atoms with E-state index in [9.17, 15) is 14.0 Å². The van der Waals surface area contributed by atoms with Crippen LogP contribution < -0.4 is 19.8 Å². The third kappa shape index (κ3) is 6.40. The topological polar surface area (TPSA) is 80.2 Å². The fourth-order valence-corrected chi connectivity index (χ4v) is 3.88. The van der Waals surface area contributed by atoms with E-state index in [4.69, 9.17) is 21.1 Å². The second-order valence-electron chi connectivity index (χ2n) is 8.17. The molecule has 1 heterocycles. The monoisotopic (exact) mass is 509 g/mol. The van der Waals surface area contributed by atoms with Crippen LogP contribution in [0, 0.1) is 11.7 Å². The van der Waals surface area contributed by atoms with Crippen LogP contribution in [0.5, 0.6) is 11.5 Å². The Kier molecular flexibility index (Phi) is 8.17. The van der Waals surface area contributed by atoms with E-state index in [1.54, 1.807) is 30.3 Å². The molecule has 9 heteroatoms. The number of nitrogens with zero attached hydrogens (tertiary/aromatic N) is 2. The van der Waals surface area contributed by atoms with Gasteiger partial charge in [0.25, 0.3) is 0 Å². The predicted octanol–water partition coefficient (Wildman–Crippen LogP) is 4.96. The lowest BCUT2D eigenvalue weighted by atomic mass is 10.1. The van der Waals surface area contributed by atoms with Gasteiger partial charge in [-0.2, -0.15) is 5.10 Å². The SMILES string of the molecule is CCOc1cc(/C=N\NC(=O)[C@@H]2CC(=O)N(c3ccc(F)cc3)C2)ccc1OCc1ccc(Cl)cc1. The van der Waals surface area contributed by atoms with Crippen LogP contribution in [-0.2, 0) is 16.2 Å². The summed E-state index contributed by atoms with van der Waals surface area (Å²) in [6, 6.07) is 18.3. The third-order valence-corrected chi connectivity index (χ3v) is 5.85. The Morgan fingerprint density at radius 1 is 1.11 bits per heavy atom. The molecule has 186 valence electrons. The van der Waals surface area contributed by atoms with Gasteiger partial charge in [-0.15, -0.1) is 0 Å². The quantitative estimate of drug-likeness (QED) is 0.326. The summed E-state index contributed by atoms with van der Waals surface area (Å²) in [5, 5.41) is 4.70. The number of carbonyl (C=O) groups is 2. The number of rotatable bonds is 9. The number of nitrogens with one attached hydrogen (secondary N) is 1. The second kappa shape index (κ2) is 11.7. The van der Waals surface area contributed by atoms with Crippen LogP contribution in [0.4, 0.5) is 10.1 Å². The molecule has 1 atom stereocenters. The maximum atomic E-state index is 13.2. The molecular formula is C27H25ClFN3O4. The van der Waals surface area contributed by atoms with Crippen molar-refractivity contribution in [1.82, 2.24) is 5.43 Å². The van der Waals surface area contributed by atoms with E-state index in [1.807, 2.05) is 19.1 Å². The van der Waals surface area contributed by atoms with Crippen molar-refractivity contribution in [3.8, 4) is 11.5 Å². The van der Waals surface area contributed by atoms with Crippen molar-refractivity contribution >= 4 is 35.3 Å². The van der Waals surface area contributed by atoms with Gasteiger partial charge in [-0.05, 0) is 72.6 Å². The van der Waals surface area contributed by atoms with Crippen LogP contribution in [-0.4, -0.2) is 31.2 Å². The van der Waals surface area contributed by atoms with Gasteiger partial charge in [0.2, 0.25) is 11.8 Å². The molecule has 36 heavy (non-hydrogen) atoms. The first-order chi connectivity index (χ1) is 17.4. The Morgan fingerprint density at radius 3 is 2.58 bits per heavy atom. The molecule has 3 aromatic carbocycles. The number of benzene rings is 3. The first kappa shape index (κ1) is 25.2. The largest absolute Gasteiger partial charge is 0.490 e. The summed E-state index contributed by atoms with van der Waals surface area (Å²) in [4.78, 5) is 26.4. The van der Waals surface area contributed by atoms with Crippen LogP contribution in [0.2, 0.25) is 5.02 Å². The van der Waals surface area contributed by atoms with Crippen LogP contribution in [0.3, 0.4) is 0 Å². The van der Waals surface area contributed by atoms with Crippen molar-refractivity contribution < 1.29 is 23.5 Å². The van der Waals surface area contributed by atoms with Crippen molar-refractivity contribution in [2.45, 2.75) is 20.0 Å². The zero-order valence-electron chi connectivity index (χ0n) is 19.6. The van der Waals surface area contributed by atoms with Gasteiger partial charge in [-0.1, -0.05) is 23.7 Å². The maximum Gasteiger partial charge on any atom is 0.245 e. The second-order valence-corrected chi connectivity index (χ2v) is 8.61. The van der Waals surface area contributed by atoms with Crippen LogP contribution in [0.1, 0.15) is 24.5 Å². The summed E-state index contributed by atoms with van der Waals surface area (Å²) in [6.07, 6.45) is 1.56. The zero-order valence-corrected chi connectivity index (χ0v) is 20.4. The standard InChI is InChI=1S/C27H25ClFN3O4/c1-2-35-25-13-19(5-12-24(25)36-17-18-3-6-21(28)7-4-18)15-30-31-27(34)20-14-26(33)32(16-20)23-10-8-22(29)9-11-23/h3-13,15,20H,2,14,16-17H2,1H3,(H,31,34)/b30-15-/t20-/m1/s1. The lowest BCUT2D eigenvalue weighted by Crippen LogP contribution is -2.30. The predicted molar refractivity (Wildman–Crippen MR) is 136 cm³/mol. The van der Waals surface area contributed by atoms with E-state index >= 15 is 0 Å². The Labute approximate surface area is 213 Å². The Morgan fingerprint density at radius 2 is 1.86 bits per heavy atom. The molecule has 0 saturated carbocycles. The number of amides is 2. The number of hydrazone groups is 1. The van der Waals surface area contributed by atoms with Gasteiger partial charge in [0.1, 0.15) is 12.4 Å². The van der Waals surface area contributed by atoms with Crippen molar-refractivity contribution in [3.63, 3.8) is 0 Å². The lowest BCUT2D eigenvalue weighted by Gasteiger charge is -2.16. The van der Waals surface area contributed by atoms with Gasteiger partial charge in [0.05, 0.1) is 18.7 Å². The Balaban J connectivity index is 1.35. The average Bonchev–Trinajstić information content (AvgIpc) is 3.27. The smallest absolute Gasteiger partial charge is 0.245 e. The number of hydrogen-bond acceptors (Lipinski definition) is 5. The van der Waals surface area contributed by atoms with Gasteiger partial charge in [0.15, 0.2) is 11.5 Å². The highest BCUT2D eigenvalue weighted by atomic mass is 35.5. The molecule has 1 aliphatic heterocycles. The summed E-state index contributed by atoms with van der Waals surface area (Å²) in [7, 11) is 0. The first-order valence-electron chi connectivity index (χ1n) is 11.5. The van der Waals surface area contributed by atoms with E-state index in [1.165, 1.54) is 35.4 Å². The minimum Gasteiger partial charge on any atom is -0.490 e. The van der Waals surface area contributed by atoms with Crippen LogP contribution >= 0.6 is 11.6 Å². The van der Waals surface area contributed by atoms with Crippen molar-refractivity contribution in [1.29, 1.82) is 0 Å².